The molecule has 1 saturated carbocycles. The maximum atomic E-state index is 13.9. The molecular weight excluding hydrogens is 254 g/mol. The molecule has 1 aromatic rings. The molecule has 0 aliphatic heterocycles. The van der Waals surface area contributed by atoms with Crippen LogP contribution in [0.15, 0.2) is 12.1 Å². The quantitative estimate of drug-likeness (QED) is 0.828. The van der Waals surface area contributed by atoms with Gasteiger partial charge in [0.25, 0.3) is 0 Å². The Hall–Kier alpha value is -1.23. The van der Waals surface area contributed by atoms with Crippen LogP contribution >= 0.6 is 12.2 Å². The van der Waals surface area contributed by atoms with Crippen LogP contribution in [0, 0.1) is 17.6 Å². The van der Waals surface area contributed by atoms with E-state index in [0.717, 1.165) is 19.3 Å². The van der Waals surface area contributed by atoms with Gasteiger partial charge in [-0.15, -0.1) is 0 Å². The summed E-state index contributed by atoms with van der Waals surface area (Å²) in [5.41, 5.74) is 5.46. The molecule has 1 aromatic carbocycles. The third-order valence-electron chi connectivity index (χ3n) is 3.55. The van der Waals surface area contributed by atoms with E-state index in [1.807, 2.05) is 0 Å². The number of thiocarbonyl (C=S) groups is 1. The summed E-state index contributed by atoms with van der Waals surface area (Å²) in [6.07, 6.45) is 3.22. The van der Waals surface area contributed by atoms with Crippen molar-refractivity contribution >= 4 is 22.9 Å². The van der Waals surface area contributed by atoms with E-state index in [-0.39, 0.29) is 22.3 Å². The number of nitrogens with one attached hydrogen (secondary N) is 1. The van der Waals surface area contributed by atoms with Gasteiger partial charge in [0.15, 0.2) is 11.6 Å². The second kappa shape index (κ2) is 5.18. The van der Waals surface area contributed by atoms with Crippen molar-refractivity contribution in [2.45, 2.75) is 32.2 Å². The van der Waals surface area contributed by atoms with Gasteiger partial charge in [-0.25, -0.2) is 8.78 Å². The Kier molecular flexibility index (Phi) is 3.80. The number of anilines is 1. The molecule has 0 bridgehead atoms. The van der Waals surface area contributed by atoms with Crippen LogP contribution in [0.4, 0.5) is 14.5 Å². The summed E-state index contributed by atoms with van der Waals surface area (Å²) in [5, 5.41) is 3.07. The van der Waals surface area contributed by atoms with Crippen LogP contribution < -0.4 is 11.1 Å². The highest BCUT2D eigenvalue weighted by atomic mass is 32.1. The summed E-state index contributed by atoms with van der Waals surface area (Å²) in [7, 11) is 0. The maximum Gasteiger partial charge on any atom is 0.182 e. The fourth-order valence-corrected chi connectivity index (χ4v) is 2.57. The first-order valence-electron chi connectivity index (χ1n) is 6.05. The molecule has 0 saturated heterocycles. The van der Waals surface area contributed by atoms with Crippen LogP contribution in [0.25, 0.3) is 0 Å². The zero-order valence-corrected chi connectivity index (χ0v) is 11.0. The van der Waals surface area contributed by atoms with Gasteiger partial charge in [-0.3, -0.25) is 0 Å². The molecule has 1 aliphatic rings. The lowest BCUT2D eigenvalue weighted by Gasteiger charge is -2.19. The molecule has 2 rings (SSSR count). The Morgan fingerprint density at radius 3 is 2.61 bits per heavy atom. The average Bonchev–Trinajstić information content (AvgIpc) is 2.70. The molecule has 98 valence electrons. The minimum atomic E-state index is -0.974. The second-order valence-electron chi connectivity index (χ2n) is 4.81. The van der Waals surface area contributed by atoms with E-state index in [1.54, 1.807) is 0 Å². The molecule has 2 nitrogen and oxygen atoms in total. The maximum absolute atomic E-state index is 13.9. The molecule has 2 atom stereocenters. The van der Waals surface area contributed by atoms with Crippen LogP contribution in [0.3, 0.4) is 0 Å². The molecule has 2 unspecified atom stereocenters. The van der Waals surface area contributed by atoms with Gasteiger partial charge >= 0.3 is 0 Å². The topological polar surface area (TPSA) is 38.0 Å². The van der Waals surface area contributed by atoms with Crippen LogP contribution in [0.5, 0.6) is 0 Å². The lowest BCUT2D eigenvalue weighted by molar-refractivity contribution is 0.502. The van der Waals surface area contributed by atoms with E-state index >= 15 is 0 Å². The minimum Gasteiger partial charge on any atom is -0.389 e. The summed E-state index contributed by atoms with van der Waals surface area (Å²) in [6, 6.07) is 3.12. The zero-order chi connectivity index (χ0) is 13.3. The smallest absolute Gasteiger partial charge is 0.182 e. The molecule has 5 heteroatoms. The zero-order valence-electron chi connectivity index (χ0n) is 10.2. The fraction of sp³-hybridized carbons (Fsp3) is 0.462. The number of hydrogen-bond donors (Lipinski definition) is 2. The van der Waals surface area contributed by atoms with Gasteiger partial charge in [-0.05, 0) is 30.9 Å². The first kappa shape index (κ1) is 13.2. The highest BCUT2D eigenvalue weighted by Gasteiger charge is 2.25. The van der Waals surface area contributed by atoms with Crippen LogP contribution in [-0.4, -0.2) is 11.0 Å². The molecule has 3 N–H and O–H groups in total. The van der Waals surface area contributed by atoms with Gasteiger partial charge in [0.1, 0.15) is 4.99 Å². The van der Waals surface area contributed by atoms with Crippen LogP contribution in [-0.2, 0) is 0 Å². The van der Waals surface area contributed by atoms with Gasteiger partial charge in [0.05, 0.1) is 5.69 Å². The normalized spacial score (nSPS) is 23.1. The standard InChI is InChI=1S/C13H16F2N2S/c1-7-3-2-4-9(7)17-10-6-5-8(13(16)18)11(14)12(10)15/h5-7,9,17H,2-4H2,1H3,(H2,16,18). The number of hydrogen-bond acceptors (Lipinski definition) is 2. The first-order valence-corrected chi connectivity index (χ1v) is 6.46. The van der Waals surface area contributed by atoms with Crippen molar-refractivity contribution in [3.63, 3.8) is 0 Å². The lowest BCUT2D eigenvalue weighted by atomic mass is 10.1. The first-order chi connectivity index (χ1) is 8.50. The molecule has 0 radical (unpaired) electrons. The molecule has 0 spiro atoms. The van der Waals surface area contributed by atoms with Gasteiger partial charge in [0.2, 0.25) is 0 Å². The van der Waals surface area contributed by atoms with Crippen LogP contribution in [0.2, 0.25) is 0 Å². The van der Waals surface area contributed by atoms with E-state index in [0.29, 0.717) is 5.92 Å². The van der Waals surface area contributed by atoms with Crippen molar-refractivity contribution in [1.29, 1.82) is 0 Å². The molecule has 0 aromatic heterocycles. The number of rotatable bonds is 3. The Bertz CT molecular complexity index is 476. The summed E-state index contributed by atoms with van der Waals surface area (Å²) in [6.45, 7) is 2.11. The highest BCUT2D eigenvalue weighted by molar-refractivity contribution is 7.80. The Morgan fingerprint density at radius 2 is 2.06 bits per heavy atom. The predicted molar refractivity (Wildman–Crippen MR) is 72.7 cm³/mol. The summed E-state index contributed by atoms with van der Waals surface area (Å²) in [5.74, 6) is -1.40. The van der Waals surface area contributed by atoms with Crippen LogP contribution in [0.1, 0.15) is 31.7 Å². The van der Waals surface area contributed by atoms with E-state index in [4.69, 9.17) is 5.73 Å². The molecule has 1 aliphatic carbocycles. The van der Waals surface area contributed by atoms with E-state index < -0.39 is 11.6 Å². The summed E-state index contributed by atoms with van der Waals surface area (Å²) in [4.78, 5) is -0.132. The van der Waals surface area contributed by atoms with E-state index in [2.05, 4.69) is 24.5 Å². The number of nitrogens with two attached hydrogens (primary N) is 1. The summed E-state index contributed by atoms with van der Waals surface area (Å²) >= 11 is 4.67. The molecule has 1 fully saturated rings. The van der Waals surface area contributed by atoms with Gasteiger partial charge in [-0.2, -0.15) is 0 Å². The van der Waals surface area contributed by atoms with E-state index in [9.17, 15) is 8.78 Å². The van der Waals surface area contributed by atoms with Crippen molar-refractivity contribution in [1.82, 2.24) is 0 Å². The Balaban J connectivity index is 2.24. The van der Waals surface area contributed by atoms with Crippen molar-refractivity contribution in [2.24, 2.45) is 11.7 Å². The highest BCUT2D eigenvalue weighted by Crippen LogP contribution is 2.30. The SMILES string of the molecule is CC1CCCC1Nc1ccc(C(N)=S)c(F)c1F. The third kappa shape index (κ3) is 2.46. The molecule has 0 amide bonds. The van der Waals surface area contributed by atoms with Gasteiger partial charge < -0.3 is 11.1 Å². The van der Waals surface area contributed by atoms with Crippen molar-refractivity contribution in [2.75, 3.05) is 5.32 Å². The Labute approximate surface area is 111 Å². The summed E-state index contributed by atoms with van der Waals surface area (Å²) < 4.78 is 27.6. The van der Waals surface area contributed by atoms with Gasteiger partial charge in [-0.1, -0.05) is 25.6 Å². The van der Waals surface area contributed by atoms with Crippen molar-refractivity contribution < 1.29 is 8.78 Å². The fourth-order valence-electron chi connectivity index (χ4n) is 2.41. The lowest BCUT2D eigenvalue weighted by Crippen LogP contribution is -2.23. The molecule has 18 heavy (non-hydrogen) atoms. The number of halogens is 2. The average molecular weight is 270 g/mol. The largest absolute Gasteiger partial charge is 0.389 e. The predicted octanol–water partition coefficient (Wildman–Crippen LogP) is 3.20. The molecule has 0 heterocycles. The van der Waals surface area contributed by atoms with Gasteiger partial charge in [0, 0.05) is 11.6 Å². The second-order valence-corrected chi connectivity index (χ2v) is 5.25. The van der Waals surface area contributed by atoms with Crippen molar-refractivity contribution in [3.8, 4) is 0 Å². The monoisotopic (exact) mass is 270 g/mol. The number of benzene rings is 1. The minimum absolute atomic E-state index is 0.0486. The third-order valence-corrected chi connectivity index (χ3v) is 3.77. The Morgan fingerprint density at radius 1 is 1.33 bits per heavy atom. The molecular formula is C13H16F2N2S. The van der Waals surface area contributed by atoms with Crippen molar-refractivity contribution in [3.05, 3.63) is 29.3 Å². The van der Waals surface area contributed by atoms with E-state index in [1.165, 1.54) is 12.1 Å².